The molecule has 1 amide bonds. The van der Waals surface area contributed by atoms with Gasteiger partial charge in [-0.1, -0.05) is 29.5 Å². The molecule has 1 aromatic heterocycles. The minimum Gasteiger partial charge on any atom is -0.383 e. The van der Waals surface area contributed by atoms with Crippen molar-refractivity contribution in [1.29, 1.82) is 0 Å². The van der Waals surface area contributed by atoms with E-state index in [1.165, 1.54) is 27.8 Å². The number of methoxy groups -OCH3 is 1. The van der Waals surface area contributed by atoms with Gasteiger partial charge in [-0.05, 0) is 43.2 Å². The van der Waals surface area contributed by atoms with Crippen LogP contribution in [0.3, 0.4) is 0 Å². The molecule has 10 heteroatoms. The summed E-state index contributed by atoms with van der Waals surface area (Å²) in [6.45, 7) is 1.35. The maximum atomic E-state index is 13.7. The highest BCUT2D eigenvalue weighted by atomic mass is 32.2. The molecular weight excluding hydrogens is 453 g/mol. The predicted octanol–water partition coefficient (Wildman–Crippen LogP) is 3.02. The molecule has 7 nitrogen and oxygen atoms in total. The van der Waals surface area contributed by atoms with Gasteiger partial charge in [-0.2, -0.15) is 9.30 Å². The molecule has 0 saturated carbocycles. The van der Waals surface area contributed by atoms with E-state index in [9.17, 15) is 17.6 Å². The third-order valence-corrected chi connectivity index (χ3v) is 8.40. The molecule has 4 rings (SSSR count). The van der Waals surface area contributed by atoms with Crippen LogP contribution in [0.15, 0.2) is 58.4 Å². The van der Waals surface area contributed by atoms with Crippen molar-refractivity contribution >= 4 is 37.5 Å². The van der Waals surface area contributed by atoms with E-state index in [4.69, 9.17) is 4.74 Å². The predicted molar refractivity (Wildman–Crippen MR) is 120 cm³/mol. The lowest BCUT2D eigenvalue weighted by Gasteiger charge is -2.30. The number of piperidine rings is 1. The number of benzene rings is 2. The zero-order valence-corrected chi connectivity index (χ0v) is 19.2. The smallest absolute Gasteiger partial charge is 0.252 e. The van der Waals surface area contributed by atoms with Crippen molar-refractivity contribution < 1.29 is 22.3 Å². The molecule has 0 spiro atoms. The van der Waals surface area contributed by atoms with Crippen molar-refractivity contribution in [2.45, 2.75) is 24.3 Å². The highest BCUT2D eigenvalue weighted by molar-refractivity contribution is 7.89. The lowest BCUT2D eigenvalue weighted by molar-refractivity contribution is -0.122. The summed E-state index contributed by atoms with van der Waals surface area (Å²) in [7, 11) is -2.08. The Morgan fingerprint density at radius 3 is 2.78 bits per heavy atom. The Morgan fingerprint density at radius 2 is 2.03 bits per heavy atom. The highest BCUT2D eigenvalue weighted by Crippen LogP contribution is 2.25. The number of ether oxygens (including phenoxy) is 1. The summed E-state index contributed by atoms with van der Waals surface area (Å²) in [6, 6.07) is 12.7. The van der Waals surface area contributed by atoms with Crippen LogP contribution in [0, 0.1) is 11.7 Å². The largest absolute Gasteiger partial charge is 0.383 e. The van der Waals surface area contributed by atoms with Crippen LogP contribution in [0.5, 0.6) is 0 Å². The molecular formula is C22H24FN3O4S2. The van der Waals surface area contributed by atoms with Crippen LogP contribution in [0.2, 0.25) is 0 Å². The topological polar surface area (TPSA) is 81.0 Å². The molecule has 0 aliphatic carbocycles. The number of sulfonamides is 1. The van der Waals surface area contributed by atoms with Gasteiger partial charge in [0.1, 0.15) is 5.82 Å². The van der Waals surface area contributed by atoms with Crippen molar-refractivity contribution in [2.75, 3.05) is 26.8 Å². The molecule has 2 heterocycles. The number of carbonyl (C=O) groups excluding carboxylic acids is 1. The van der Waals surface area contributed by atoms with Crippen molar-refractivity contribution in [2.24, 2.45) is 10.9 Å². The highest BCUT2D eigenvalue weighted by Gasteiger charge is 2.33. The summed E-state index contributed by atoms with van der Waals surface area (Å²) >= 11 is 1.23. The number of aromatic nitrogens is 1. The molecule has 1 aliphatic heterocycles. The molecule has 2 aromatic carbocycles. The van der Waals surface area contributed by atoms with E-state index >= 15 is 0 Å². The molecule has 170 valence electrons. The van der Waals surface area contributed by atoms with Crippen LogP contribution in [-0.2, 0) is 26.1 Å². The first-order chi connectivity index (χ1) is 15.4. The molecule has 0 N–H and O–H groups in total. The lowest BCUT2D eigenvalue weighted by Crippen LogP contribution is -2.42. The minimum absolute atomic E-state index is 0.0944. The van der Waals surface area contributed by atoms with Gasteiger partial charge in [0.25, 0.3) is 5.91 Å². The molecule has 1 saturated heterocycles. The average molecular weight is 478 g/mol. The summed E-state index contributed by atoms with van der Waals surface area (Å²) in [5.41, 5.74) is 0.775. The van der Waals surface area contributed by atoms with E-state index in [-0.39, 0.29) is 23.2 Å². The zero-order chi connectivity index (χ0) is 22.7. The van der Waals surface area contributed by atoms with E-state index in [1.54, 1.807) is 43.5 Å². The Bertz CT molecular complexity index is 1290. The molecule has 1 fully saturated rings. The lowest BCUT2D eigenvalue weighted by atomic mass is 9.99. The standard InChI is InChI=1S/C22H24FN3O4S2/c1-30-13-12-26-19-10-9-17(23)14-20(19)31-22(26)24-21(27)16-6-5-11-25(15-16)32(28,29)18-7-3-2-4-8-18/h2-4,7-10,14,16H,5-6,11-13,15H2,1H3. The Morgan fingerprint density at radius 1 is 1.25 bits per heavy atom. The van der Waals surface area contributed by atoms with Gasteiger partial charge in [0.15, 0.2) is 4.80 Å². The number of fused-ring (bicyclic) bond motifs is 1. The summed E-state index contributed by atoms with van der Waals surface area (Å²) in [5, 5.41) is 0. The van der Waals surface area contributed by atoms with Crippen LogP contribution >= 0.6 is 11.3 Å². The van der Waals surface area contributed by atoms with E-state index < -0.39 is 15.9 Å². The van der Waals surface area contributed by atoms with Gasteiger partial charge in [0.2, 0.25) is 10.0 Å². The monoisotopic (exact) mass is 477 g/mol. The molecule has 1 atom stereocenters. The molecule has 3 aromatic rings. The molecule has 0 radical (unpaired) electrons. The fraction of sp³-hybridized carbons (Fsp3) is 0.364. The second-order valence-corrected chi connectivity index (χ2v) is 10.6. The molecule has 0 bridgehead atoms. The minimum atomic E-state index is -3.67. The van der Waals surface area contributed by atoms with Crippen LogP contribution in [0.1, 0.15) is 12.8 Å². The summed E-state index contributed by atoms with van der Waals surface area (Å²) < 4.78 is 48.7. The maximum Gasteiger partial charge on any atom is 0.252 e. The summed E-state index contributed by atoms with van der Waals surface area (Å²) in [4.78, 5) is 18.1. The number of nitrogens with zero attached hydrogens (tertiary/aromatic N) is 3. The van der Waals surface area contributed by atoms with Gasteiger partial charge >= 0.3 is 0 Å². The number of hydrogen-bond acceptors (Lipinski definition) is 5. The van der Waals surface area contributed by atoms with Gasteiger partial charge in [-0.3, -0.25) is 4.79 Å². The summed E-state index contributed by atoms with van der Waals surface area (Å²) in [6.07, 6.45) is 1.15. The Hall–Kier alpha value is -2.40. The Kier molecular flexibility index (Phi) is 6.85. The number of rotatable bonds is 6. The quantitative estimate of drug-likeness (QED) is 0.547. The number of thiazole rings is 1. The fourth-order valence-electron chi connectivity index (χ4n) is 3.82. The van der Waals surface area contributed by atoms with Crippen molar-refractivity contribution in [3.05, 3.63) is 59.1 Å². The zero-order valence-electron chi connectivity index (χ0n) is 17.6. The number of amides is 1. The Labute approximate surface area is 189 Å². The van der Waals surface area contributed by atoms with E-state index in [1.807, 2.05) is 4.57 Å². The third kappa shape index (κ3) is 4.68. The maximum absolute atomic E-state index is 13.7. The van der Waals surface area contributed by atoms with Gasteiger partial charge < -0.3 is 9.30 Å². The second kappa shape index (κ2) is 9.62. The van der Waals surface area contributed by atoms with Crippen molar-refractivity contribution in [3.8, 4) is 0 Å². The van der Waals surface area contributed by atoms with Crippen LogP contribution in [-0.4, -0.2) is 50.0 Å². The van der Waals surface area contributed by atoms with Gasteiger partial charge in [0.05, 0.1) is 27.6 Å². The van der Waals surface area contributed by atoms with E-state index in [0.717, 1.165) is 5.52 Å². The van der Waals surface area contributed by atoms with Gasteiger partial charge in [-0.25, -0.2) is 12.8 Å². The van der Waals surface area contributed by atoms with Gasteiger partial charge in [0, 0.05) is 26.7 Å². The van der Waals surface area contributed by atoms with Gasteiger partial charge in [-0.15, -0.1) is 0 Å². The second-order valence-electron chi connectivity index (χ2n) is 7.61. The Balaban J connectivity index is 1.62. The first-order valence-corrected chi connectivity index (χ1v) is 12.6. The normalized spacial score (nSPS) is 18.3. The van der Waals surface area contributed by atoms with Crippen molar-refractivity contribution in [1.82, 2.24) is 8.87 Å². The van der Waals surface area contributed by atoms with Crippen LogP contribution in [0.25, 0.3) is 10.2 Å². The number of carbonyl (C=O) groups is 1. The number of halogens is 1. The van der Waals surface area contributed by atoms with E-state index in [2.05, 4.69) is 4.99 Å². The molecule has 1 unspecified atom stereocenters. The summed E-state index contributed by atoms with van der Waals surface area (Å²) in [5.74, 6) is -1.25. The van der Waals surface area contributed by atoms with Crippen molar-refractivity contribution in [3.63, 3.8) is 0 Å². The SMILES string of the molecule is COCCn1c(=NC(=O)C2CCCN(S(=O)(=O)c3ccccc3)C2)sc2cc(F)ccc21. The van der Waals surface area contributed by atoms with Crippen LogP contribution < -0.4 is 4.80 Å². The third-order valence-electron chi connectivity index (χ3n) is 5.48. The van der Waals surface area contributed by atoms with Crippen LogP contribution in [0.4, 0.5) is 4.39 Å². The molecule has 32 heavy (non-hydrogen) atoms. The average Bonchev–Trinajstić information content (AvgIpc) is 3.14. The molecule has 1 aliphatic rings. The first-order valence-electron chi connectivity index (χ1n) is 10.3. The first kappa shape index (κ1) is 22.8. The van der Waals surface area contributed by atoms with E-state index in [0.29, 0.717) is 42.0 Å². The number of hydrogen-bond donors (Lipinski definition) is 0. The fourth-order valence-corrected chi connectivity index (χ4v) is 6.45.